The van der Waals surface area contributed by atoms with Crippen molar-refractivity contribution in [2.75, 3.05) is 6.79 Å². The molecule has 0 saturated heterocycles. The number of hydrogen-bond acceptors (Lipinski definition) is 9. The highest BCUT2D eigenvalue weighted by Gasteiger charge is 2.51. The van der Waals surface area contributed by atoms with Crippen molar-refractivity contribution in [3.63, 3.8) is 0 Å². The van der Waals surface area contributed by atoms with E-state index in [1.54, 1.807) is 38.1 Å². The second kappa shape index (κ2) is 12.2. The average molecular weight is 571 g/mol. The monoisotopic (exact) mass is 570 g/mol. The lowest BCUT2D eigenvalue weighted by Crippen LogP contribution is -2.62. The van der Waals surface area contributed by atoms with Crippen LogP contribution in [0.4, 0.5) is 4.79 Å². The molecule has 0 bridgehead atoms. The van der Waals surface area contributed by atoms with Gasteiger partial charge in [0.15, 0.2) is 26.2 Å². The Bertz CT molecular complexity index is 1410. The van der Waals surface area contributed by atoms with Gasteiger partial charge in [-0.15, -0.1) is 0 Å². The van der Waals surface area contributed by atoms with Gasteiger partial charge in [0.2, 0.25) is 6.79 Å². The summed E-state index contributed by atoms with van der Waals surface area (Å²) in [5, 5.41) is 11.5. The molecule has 3 atom stereocenters. The fraction of sp³-hybridized carbons (Fsp3) is 0.345. The van der Waals surface area contributed by atoms with Gasteiger partial charge in [-0.1, -0.05) is 56.3 Å². The van der Waals surface area contributed by atoms with E-state index in [-0.39, 0.29) is 36.2 Å². The van der Waals surface area contributed by atoms with Gasteiger partial charge in [0.1, 0.15) is 24.6 Å². The number of primary amides is 1. The number of hydrogen-bond donors (Lipinski definition) is 3. The molecule has 0 aromatic heterocycles. The van der Waals surface area contributed by atoms with E-state index in [9.17, 15) is 18.3 Å². The third-order valence-corrected chi connectivity index (χ3v) is 8.89. The summed E-state index contributed by atoms with van der Waals surface area (Å²) in [4.78, 5) is 9.44. The molecule has 11 heteroatoms. The largest absolute Gasteiger partial charge is 0.489 e. The summed E-state index contributed by atoms with van der Waals surface area (Å²) in [5.74, 6) is 1.02. The van der Waals surface area contributed by atoms with E-state index < -0.39 is 33.0 Å². The van der Waals surface area contributed by atoms with Crippen LogP contribution in [0.25, 0.3) is 0 Å². The molecule has 0 saturated carbocycles. The second-order valence-electron chi connectivity index (χ2n) is 10.1. The van der Waals surface area contributed by atoms with Gasteiger partial charge in [-0.25, -0.2) is 13.2 Å². The van der Waals surface area contributed by atoms with Crippen molar-refractivity contribution in [3.8, 4) is 17.2 Å². The molecule has 1 unspecified atom stereocenters. The van der Waals surface area contributed by atoms with Gasteiger partial charge in [-0.3, -0.25) is 0 Å². The standard InChI is InChI=1S/C29H34N2O8S/c1-19(2)16-29(31,40(34,35)23-12-13-24-25(15-23)38-18-37-24)27(32)26(39-28(30)33)14-20-8-10-22(11-9-20)36-17-21-6-4-3-5-7-21/h3-13,15,19,26-27,32H,14,16-18,31H2,1-2H3,(H2,30,33)/t26-,27+,29?/m0/s1. The number of aliphatic hydroxyl groups excluding tert-OH is 1. The molecule has 1 amide bonds. The first-order valence-corrected chi connectivity index (χ1v) is 14.3. The molecule has 1 heterocycles. The van der Waals surface area contributed by atoms with Crippen LogP contribution in [0.2, 0.25) is 0 Å². The third kappa shape index (κ3) is 6.49. The fourth-order valence-corrected chi connectivity index (χ4v) is 6.64. The minimum Gasteiger partial charge on any atom is -0.489 e. The Hall–Kier alpha value is -3.80. The number of rotatable bonds is 12. The number of amides is 1. The molecule has 0 fully saturated rings. The Morgan fingerprint density at radius 3 is 2.33 bits per heavy atom. The Morgan fingerprint density at radius 1 is 1.00 bits per heavy atom. The highest BCUT2D eigenvalue weighted by atomic mass is 32.2. The Balaban J connectivity index is 1.58. The lowest BCUT2D eigenvalue weighted by molar-refractivity contribution is -0.0191. The molecule has 3 aromatic rings. The first-order chi connectivity index (χ1) is 19.0. The first kappa shape index (κ1) is 29.2. The van der Waals surface area contributed by atoms with Crippen LogP contribution in [0.15, 0.2) is 77.7 Å². The summed E-state index contributed by atoms with van der Waals surface area (Å²) >= 11 is 0. The molecule has 1 aliphatic rings. The Morgan fingerprint density at radius 2 is 1.68 bits per heavy atom. The van der Waals surface area contributed by atoms with Crippen LogP contribution in [-0.4, -0.2) is 43.5 Å². The molecule has 214 valence electrons. The van der Waals surface area contributed by atoms with Crippen molar-refractivity contribution >= 4 is 15.9 Å². The summed E-state index contributed by atoms with van der Waals surface area (Å²) in [5.41, 5.74) is 13.6. The summed E-state index contributed by atoms with van der Waals surface area (Å²) < 4.78 is 49.6. The maximum Gasteiger partial charge on any atom is 0.404 e. The maximum atomic E-state index is 13.9. The number of carbonyl (C=O) groups excluding carboxylic acids is 1. The zero-order valence-electron chi connectivity index (χ0n) is 22.4. The predicted molar refractivity (Wildman–Crippen MR) is 148 cm³/mol. The van der Waals surface area contributed by atoms with Gasteiger partial charge in [0.25, 0.3) is 0 Å². The smallest absolute Gasteiger partial charge is 0.404 e. The number of ether oxygens (including phenoxy) is 4. The van der Waals surface area contributed by atoms with Crippen LogP contribution >= 0.6 is 0 Å². The van der Waals surface area contributed by atoms with Gasteiger partial charge in [0.05, 0.1) is 4.90 Å². The fourth-order valence-electron chi connectivity index (χ4n) is 4.67. The molecular formula is C29H34N2O8S. The minimum atomic E-state index is -4.39. The normalized spacial score (nSPS) is 15.7. The van der Waals surface area contributed by atoms with E-state index in [0.29, 0.717) is 23.7 Å². The number of aliphatic hydroxyl groups is 1. The van der Waals surface area contributed by atoms with Crippen molar-refractivity contribution in [1.82, 2.24) is 0 Å². The van der Waals surface area contributed by atoms with Crippen LogP contribution in [0, 0.1) is 5.92 Å². The van der Waals surface area contributed by atoms with Crippen LogP contribution in [0.1, 0.15) is 31.4 Å². The molecule has 40 heavy (non-hydrogen) atoms. The zero-order chi connectivity index (χ0) is 28.9. The number of carbonyl (C=O) groups is 1. The molecule has 5 N–H and O–H groups in total. The van der Waals surface area contributed by atoms with Crippen molar-refractivity contribution in [1.29, 1.82) is 0 Å². The molecule has 0 radical (unpaired) electrons. The highest BCUT2D eigenvalue weighted by Crippen LogP contribution is 2.39. The van der Waals surface area contributed by atoms with E-state index in [1.807, 2.05) is 30.3 Å². The zero-order valence-corrected chi connectivity index (χ0v) is 23.2. The molecule has 4 rings (SSSR count). The van der Waals surface area contributed by atoms with Gasteiger partial charge in [0, 0.05) is 12.5 Å². The topological polar surface area (TPSA) is 160 Å². The molecule has 3 aromatic carbocycles. The van der Waals surface area contributed by atoms with Gasteiger partial charge >= 0.3 is 6.09 Å². The van der Waals surface area contributed by atoms with E-state index >= 15 is 0 Å². The third-order valence-electron chi connectivity index (χ3n) is 6.61. The van der Waals surface area contributed by atoms with Crippen molar-refractivity contribution in [2.45, 2.75) is 55.3 Å². The summed E-state index contributed by atoms with van der Waals surface area (Å²) in [7, 11) is -4.39. The Kier molecular flexibility index (Phi) is 8.87. The molecule has 1 aliphatic heterocycles. The quantitative estimate of drug-likeness (QED) is 0.296. The second-order valence-corrected chi connectivity index (χ2v) is 12.4. The number of fused-ring (bicyclic) bond motifs is 1. The molecule has 0 spiro atoms. The van der Waals surface area contributed by atoms with Gasteiger partial charge in [-0.05, 0) is 47.7 Å². The van der Waals surface area contributed by atoms with Crippen molar-refractivity contribution < 1.29 is 37.3 Å². The predicted octanol–water partition coefficient (Wildman–Crippen LogP) is 3.54. The Labute approximate surface area is 233 Å². The summed E-state index contributed by atoms with van der Waals surface area (Å²) in [6.45, 7) is 3.91. The average Bonchev–Trinajstić information content (AvgIpc) is 3.40. The number of nitrogens with two attached hydrogens (primary N) is 2. The first-order valence-electron chi connectivity index (χ1n) is 12.8. The number of benzene rings is 3. The highest BCUT2D eigenvalue weighted by molar-refractivity contribution is 7.92. The maximum absolute atomic E-state index is 13.9. The van der Waals surface area contributed by atoms with E-state index in [1.165, 1.54) is 18.2 Å². The van der Waals surface area contributed by atoms with Crippen LogP contribution in [0.5, 0.6) is 17.2 Å². The van der Waals surface area contributed by atoms with Crippen LogP contribution in [-0.2, 0) is 27.6 Å². The van der Waals surface area contributed by atoms with Crippen LogP contribution in [0.3, 0.4) is 0 Å². The lowest BCUT2D eigenvalue weighted by Gasteiger charge is -2.38. The molecular weight excluding hydrogens is 536 g/mol. The van der Waals surface area contributed by atoms with E-state index in [4.69, 9.17) is 30.4 Å². The lowest BCUT2D eigenvalue weighted by atomic mass is 9.93. The molecule has 0 aliphatic carbocycles. The summed E-state index contributed by atoms with van der Waals surface area (Å²) in [6, 6.07) is 20.7. The van der Waals surface area contributed by atoms with Crippen molar-refractivity contribution in [2.24, 2.45) is 17.4 Å². The molecule has 10 nitrogen and oxygen atoms in total. The SMILES string of the molecule is CC(C)CC(N)([C@H](O)[C@H](Cc1ccc(OCc2ccccc2)cc1)OC(N)=O)S(=O)(=O)c1ccc2c(c1)OCO2. The van der Waals surface area contributed by atoms with E-state index in [2.05, 4.69) is 0 Å². The van der Waals surface area contributed by atoms with Gasteiger partial charge in [-0.2, -0.15) is 0 Å². The van der Waals surface area contributed by atoms with Crippen LogP contribution < -0.4 is 25.7 Å². The van der Waals surface area contributed by atoms with E-state index in [0.717, 1.165) is 5.56 Å². The minimum absolute atomic E-state index is 0.0359. The van der Waals surface area contributed by atoms with Gasteiger partial charge < -0.3 is 35.5 Å². The number of sulfone groups is 1. The van der Waals surface area contributed by atoms with Crippen molar-refractivity contribution in [3.05, 3.63) is 83.9 Å². The summed E-state index contributed by atoms with van der Waals surface area (Å²) in [6.07, 6.45) is -4.53.